The minimum Gasteiger partial charge on any atom is -0.299 e. The summed E-state index contributed by atoms with van der Waals surface area (Å²) >= 11 is 0.826. The van der Waals surface area contributed by atoms with Crippen LogP contribution in [0, 0.1) is 0 Å². The summed E-state index contributed by atoms with van der Waals surface area (Å²) in [6.45, 7) is 5.61. The SMILES string of the molecule is COSN(C(=O)c1ccccc1)N(C(=O)c1ccccc1)C(C)(C)C. The maximum atomic E-state index is 13.1. The maximum Gasteiger partial charge on any atom is 0.284 e. The van der Waals surface area contributed by atoms with Crippen molar-refractivity contribution in [1.29, 1.82) is 0 Å². The highest BCUT2D eigenvalue weighted by Gasteiger charge is 2.37. The highest BCUT2D eigenvalue weighted by Crippen LogP contribution is 2.27. The van der Waals surface area contributed by atoms with E-state index in [0.29, 0.717) is 11.1 Å². The lowest BCUT2D eigenvalue weighted by Crippen LogP contribution is -2.55. The standard InChI is InChI=1S/C19H22N2O3S/c1-19(2,3)20(17(22)15-11-7-5-8-12-15)21(25-24-4)18(23)16-13-9-6-10-14-16/h5-14H,1-4H3. The van der Waals surface area contributed by atoms with Crippen LogP contribution < -0.4 is 0 Å². The molecule has 2 amide bonds. The first-order valence-electron chi connectivity index (χ1n) is 7.86. The zero-order chi connectivity index (χ0) is 18.4. The molecule has 25 heavy (non-hydrogen) atoms. The number of rotatable bonds is 4. The first kappa shape index (κ1) is 19.0. The van der Waals surface area contributed by atoms with E-state index in [0.717, 1.165) is 12.2 Å². The number of nitrogens with zero attached hydrogens (tertiary/aromatic N) is 2. The Labute approximate surface area is 152 Å². The first-order valence-corrected chi connectivity index (χ1v) is 8.56. The van der Waals surface area contributed by atoms with Gasteiger partial charge in [-0.25, -0.2) is 5.01 Å². The van der Waals surface area contributed by atoms with Crippen molar-refractivity contribution in [2.75, 3.05) is 7.11 Å². The Morgan fingerprint density at radius 3 is 1.68 bits per heavy atom. The lowest BCUT2D eigenvalue weighted by Gasteiger charge is -2.41. The van der Waals surface area contributed by atoms with Crippen molar-refractivity contribution in [2.24, 2.45) is 0 Å². The average Bonchev–Trinajstić information content (AvgIpc) is 2.61. The second-order valence-corrected chi connectivity index (χ2v) is 7.17. The Morgan fingerprint density at radius 2 is 1.28 bits per heavy atom. The molecule has 0 aliphatic carbocycles. The molecule has 0 unspecified atom stereocenters. The number of carbonyl (C=O) groups excluding carboxylic acids is 2. The van der Waals surface area contributed by atoms with Crippen LogP contribution in [0.4, 0.5) is 0 Å². The van der Waals surface area contributed by atoms with Crippen molar-refractivity contribution in [3.63, 3.8) is 0 Å². The highest BCUT2D eigenvalue weighted by molar-refractivity contribution is 7.92. The van der Waals surface area contributed by atoms with Crippen LogP contribution in [0.25, 0.3) is 0 Å². The third-order valence-electron chi connectivity index (χ3n) is 3.37. The molecule has 0 aliphatic heterocycles. The number of amides is 2. The molecular weight excluding hydrogens is 336 g/mol. The van der Waals surface area contributed by atoms with Crippen molar-refractivity contribution in [1.82, 2.24) is 9.42 Å². The van der Waals surface area contributed by atoms with E-state index in [2.05, 4.69) is 0 Å². The third kappa shape index (κ3) is 4.61. The lowest BCUT2D eigenvalue weighted by molar-refractivity contribution is -0.00256. The lowest BCUT2D eigenvalue weighted by atomic mass is 10.1. The smallest absolute Gasteiger partial charge is 0.284 e. The molecule has 2 aromatic carbocycles. The van der Waals surface area contributed by atoms with Crippen LogP contribution in [0.5, 0.6) is 0 Å². The fourth-order valence-corrected chi connectivity index (χ4v) is 2.98. The number of benzene rings is 2. The van der Waals surface area contributed by atoms with E-state index >= 15 is 0 Å². The molecule has 6 heteroatoms. The van der Waals surface area contributed by atoms with E-state index in [1.54, 1.807) is 48.5 Å². The topological polar surface area (TPSA) is 49.9 Å². The molecule has 0 aromatic heterocycles. The minimum atomic E-state index is -0.636. The van der Waals surface area contributed by atoms with E-state index in [1.807, 2.05) is 32.9 Å². The molecule has 0 fully saturated rings. The summed E-state index contributed by atoms with van der Waals surface area (Å²) in [5.41, 5.74) is 0.338. The van der Waals surface area contributed by atoms with Crippen LogP contribution in [0.3, 0.4) is 0 Å². The van der Waals surface area contributed by atoms with E-state index in [4.69, 9.17) is 4.18 Å². The van der Waals surface area contributed by atoms with E-state index in [1.165, 1.54) is 16.5 Å². The number of hydrogen-bond acceptors (Lipinski definition) is 4. The normalized spacial score (nSPS) is 11.0. The Bertz CT molecular complexity index is 714. The summed E-state index contributed by atoms with van der Waals surface area (Å²) in [6.07, 6.45) is 0. The fraction of sp³-hybridized carbons (Fsp3) is 0.263. The van der Waals surface area contributed by atoms with Gasteiger partial charge in [-0.2, -0.15) is 4.41 Å². The Hall–Kier alpha value is -2.31. The monoisotopic (exact) mass is 358 g/mol. The van der Waals surface area contributed by atoms with Gasteiger partial charge in [0.2, 0.25) is 0 Å². The van der Waals surface area contributed by atoms with Gasteiger partial charge in [0.05, 0.1) is 12.6 Å². The quantitative estimate of drug-likeness (QED) is 0.467. The molecule has 0 saturated heterocycles. The first-order chi connectivity index (χ1) is 11.9. The van der Waals surface area contributed by atoms with Crippen LogP contribution in [-0.4, -0.2) is 33.9 Å². The summed E-state index contributed by atoms with van der Waals surface area (Å²) in [5, 5.41) is 1.42. The molecule has 2 rings (SSSR count). The van der Waals surface area contributed by atoms with Crippen molar-refractivity contribution in [3.8, 4) is 0 Å². The number of hydrazine groups is 1. The largest absolute Gasteiger partial charge is 0.299 e. The molecule has 0 spiro atoms. The van der Waals surface area contributed by atoms with Gasteiger partial charge in [0.15, 0.2) is 0 Å². The molecule has 0 N–H and O–H groups in total. The Balaban J connectivity index is 2.45. The second kappa shape index (κ2) is 8.18. The zero-order valence-corrected chi connectivity index (χ0v) is 15.6. The summed E-state index contributed by atoms with van der Waals surface area (Å²) in [4.78, 5) is 26.1. The summed E-state index contributed by atoms with van der Waals surface area (Å²) < 4.78 is 6.41. The van der Waals surface area contributed by atoms with Gasteiger partial charge in [0.25, 0.3) is 11.8 Å². The Morgan fingerprint density at radius 1 is 0.840 bits per heavy atom. The molecule has 5 nitrogen and oxygen atoms in total. The van der Waals surface area contributed by atoms with Gasteiger partial charge in [-0.15, -0.1) is 0 Å². The molecular formula is C19H22N2O3S. The zero-order valence-electron chi connectivity index (χ0n) is 14.8. The van der Waals surface area contributed by atoms with Gasteiger partial charge in [-0.1, -0.05) is 36.4 Å². The van der Waals surface area contributed by atoms with Crippen LogP contribution in [0.2, 0.25) is 0 Å². The summed E-state index contributed by atoms with van der Waals surface area (Å²) in [6, 6.07) is 17.7. The molecule has 0 radical (unpaired) electrons. The van der Waals surface area contributed by atoms with Crippen molar-refractivity contribution < 1.29 is 13.8 Å². The highest BCUT2D eigenvalue weighted by atomic mass is 32.2. The van der Waals surface area contributed by atoms with E-state index in [-0.39, 0.29) is 11.8 Å². The molecule has 132 valence electrons. The van der Waals surface area contributed by atoms with Crippen LogP contribution >= 0.6 is 12.2 Å². The molecule has 0 bridgehead atoms. The molecule has 2 aromatic rings. The van der Waals surface area contributed by atoms with E-state index < -0.39 is 5.54 Å². The van der Waals surface area contributed by atoms with Crippen LogP contribution in [0.1, 0.15) is 41.5 Å². The maximum absolute atomic E-state index is 13.1. The van der Waals surface area contributed by atoms with Gasteiger partial charge in [-0.3, -0.25) is 13.8 Å². The van der Waals surface area contributed by atoms with Crippen LogP contribution in [0.15, 0.2) is 60.7 Å². The average molecular weight is 358 g/mol. The van der Waals surface area contributed by atoms with Gasteiger partial charge in [0.1, 0.15) is 12.2 Å². The molecule has 0 atom stereocenters. The van der Waals surface area contributed by atoms with Crippen molar-refractivity contribution in [3.05, 3.63) is 71.8 Å². The second-order valence-electron chi connectivity index (χ2n) is 6.34. The van der Waals surface area contributed by atoms with E-state index in [9.17, 15) is 9.59 Å². The predicted octanol–water partition coefficient (Wildman–Crippen LogP) is 4.19. The molecule has 0 saturated carbocycles. The number of hydrogen-bond donors (Lipinski definition) is 0. The van der Waals surface area contributed by atoms with Crippen LogP contribution in [-0.2, 0) is 4.18 Å². The summed E-state index contributed by atoms with van der Waals surface area (Å²) in [7, 11) is 1.46. The van der Waals surface area contributed by atoms with Gasteiger partial charge < -0.3 is 0 Å². The van der Waals surface area contributed by atoms with Gasteiger partial charge in [-0.05, 0) is 45.0 Å². The van der Waals surface area contributed by atoms with Gasteiger partial charge in [0, 0.05) is 11.1 Å². The minimum absolute atomic E-state index is 0.276. The van der Waals surface area contributed by atoms with Gasteiger partial charge >= 0.3 is 0 Å². The third-order valence-corrected chi connectivity index (χ3v) is 3.99. The summed E-state index contributed by atoms with van der Waals surface area (Å²) in [5.74, 6) is -0.603. The Kier molecular flexibility index (Phi) is 6.22. The number of carbonyl (C=O) groups is 2. The van der Waals surface area contributed by atoms with Crippen molar-refractivity contribution >= 4 is 24.0 Å². The molecule has 0 heterocycles. The fourth-order valence-electron chi connectivity index (χ4n) is 2.28. The predicted molar refractivity (Wildman–Crippen MR) is 99.6 cm³/mol. The van der Waals surface area contributed by atoms with Crippen molar-refractivity contribution in [2.45, 2.75) is 26.3 Å². The molecule has 0 aliphatic rings.